The van der Waals surface area contributed by atoms with Crippen molar-refractivity contribution in [3.05, 3.63) is 0 Å². The second kappa shape index (κ2) is 22.1. The lowest BCUT2D eigenvalue weighted by Crippen LogP contribution is -2.65. The molecule has 1 amide bonds. The van der Waals surface area contributed by atoms with Gasteiger partial charge in [-0.1, -0.05) is 97.3 Å². The van der Waals surface area contributed by atoms with E-state index in [1.165, 1.54) is 76.0 Å². The summed E-state index contributed by atoms with van der Waals surface area (Å²) in [6.45, 7) is 7.01. The molecule has 2 heterocycles. The molecular weight excluding hydrogens is 600 g/mol. The van der Waals surface area contributed by atoms with Crippen LogP contribution in [0.15, 0.2) is 0 Å². The summed E-state index contributed by atoms with van der Waals surface area (Å²) in [6, 6.07) is -1.00. The van der Waals surface area contributed by atoms with Crippen molar-refractivity contribution in [3.8, 4) is 0 Å². The van der Waals surface area contributed by atoms with Gasteiger partial charge in [0.15, 0.2) is 6.10 Å². The number of hydrogen-bond donors (Lipinski definition) is 3. The Morgan fingerprint density at radius 3 is 2.05 bits per heavy atom. The molecule has 0 spiro atoms. The number of nitrogens with one attached hydrogen (secondary N) is 1. The zero-order chi connectivity index (χ0) is 32.5. The number of alkyl halides is 1. The summed E-state index contributed by atoms with van der Waals surface area (Å²) in [5.74, 6) is -0.0742. The van der Waals surface area contributed by atoms with E-state index in [0.717, 1.165) is 45.1 Å². The third-order valence-electron chi connectivity index (χ3n) is 9.36. The number of ether oxygens (including phenoxy) is 2. The summed E-state index contributed by atoms with van der Waals surface area (Å²) in [5, 5.41) is 24.6. The quantitative estimate of drug-likeness (QED) is 0.0693. The molecule has 258 valence electrons. The van der Waals surface area contributed by atoms with Crippen molar-refractivity contribution in [2.75, 3.05) is 19.8 Å². The number of carbonyl (C=O) groups is 2. The van der Waals surface area contributed by atoms with E-state index in [4.69, 9.17) is 21.1 Å². The second-order valence-corrected chi connectivity index (χ2v) is 14.8. The van der Waals surface area contributed by atoms with Crippen molar-refractivity contribution in [1.82, 2.24) is 10.2 Å². The number of thioether (sulfide) groups is 1. The predicted molar refractivity (Wildman–Crippen MR) is 181 cm³/mol. The molecule has 10 heteroatoms. The van der Waals surface area contributed by atoms with E-state index in [1.54, 1.807) is 13.2 Å². The number of halogens is 1. The van der Waals surface area contributed by atoms with E-state index in [0.29, 0.717) is 5.92 Å². The van der Waals surface area contributed by atoms with Gasteiger partial charge < -0.3 is 25.0 Å². The molecule has 8 nitrogen and oxygen atoms in total. The van der Waals surface area contributed by atoms with Crippen LogP contribution in [0.3, 0.4) is 0 Å². The van der Waals surface area contributed by atoms with E-state index in [9.17, 15) is 19.8 Å². The van der Waals surface area contributed by atoms with E-state index in [2.05, 4.69) is 24.1 Å². The topological polar surface area (TPSA) is 108 Å². The molecule has 0 aromatic heterocycles. The molecule has 2 aliphatic rings. The number of likely N-dealkylation sites (tertiary alicyclic amines) is 1. The first-order valence-electron chi connectivity index (χ1n) is 17.5. The molecule has 0 saturated carbocycles. The third-order valence-corrected chi connectivity index (χ3v) is 10.5. The number of amides is 1. The zero-order valence-corrected chi connectivity index (χ0v) is 29.8. The highest BCUT2D eigenvalue weighted by Gasteiger charge is 2.50. The Labute approximate surface area is 277 Å². The summed E-state index contributed by atoms with van der Waals surface area (Å²) < 4.78 is 11.9. The Bertz CT molecular complexity index is 806. The van der Waals surface area contributed by atoms with Gasteiger partial charge in [-0.3, -0.25) is 14.5 Å². The Morgan fingerprint density at radius 2 is 1.52 bits per heavy atom. The fourth-order valence-corrected chi connectivity index (χ4v) is 7.65. The first-order valence-corrected chi connectivity index (χ1v) is 19.2. The Balaban J connectivity index is 1.76. The number of carbonyl (C=O) groups excluding carboxylic acids is 2. The van der Waals surface area contributed by atoms with Gasteiger partial charge in [-0.25, -0.2) is 0 Å². The highest BCUT2D eigenvalue weighted by Crippen LogP contribution is 2.33. The summed E-state index contributed by atoms with van der Waals surface area (Å²) in [5.41, 5.74) is -0.702. The largest absolute Gasteiger partial charge is 0.456 e. The minimum absolute atomic E-state index is 0.152. The van der Waals surface area contributed by atoms with Crippen molar-refractivity contribution in [2.24, 2.45) is 5.92 Å². The van der Waals surface area contributed by atoms with Crippen LogP contribution < -0.4 is 5.32 Å². The molecule has 0 unspecified atom stereocenters. The van der Waals surface area contributed by atoms with Crippen molar-refractivity contribution in [3.63, 3.8) is 0 Å². The summed E-state index contributed by atoms with van der Waals surface area (Å²) in [6.07, 6.45) is 16.3. The number of likely N-dealkylation sites (N-methyl/N-ethyl adjacent to an activating group) is 1. The molecule has 9 atom stereocenters. The fourth-order valence-electron chi connectivity index (χ4n) is 6.72. The van der Waals surface area contributed by atoms with E-state index in [1.807, 2.05) is 7.05 Å². The SMILES string of the molecule is CCCCCCCCCCCCCCCC(=O)O[C@H]1[C@H](O)[C@H](O)[C@@H]([C@H](NC(=O)[C@@H]2C[C@H](CCC)CN2C)[C@H](C)Cl)O[C@H]1SC. The van der Waals surface area contributed by atoms with Crippen LogP contribution in [-0.2, 0) is 19.1 Å². The van der Waals surface area contributed by atoms with Gasteiger partial charge in [0.1, 0.15) is 23.7 Å². The van der Waals surface area contributed by atoms with Gasteiger partial charge in [0, 0.05) is 13.0 Å². The lowest BCUT2D eigenvalue weighted by molar-refractivity contribution is -0.218. The van der Waals surface area contributed by atoms with E-state index in [-0.39, 0.29) is 18.4 Å². The normalized spacial score (nSPS) is 29.0. The van der Waals surface area contributed by atoms with Crippen LogP contribution in [0, 0.1) is 5.92 Å². The van der Waals surface area contributed by atoms with Crippen LogP contribution in [0.2, 0.25) is 0 Å². The van der Waals surface area contributed by atoms with Gasteiger partial charge in [0.25, 0.3) is 0 Å². The van der Waals surface area contributed by atoms with Crippen LogP contribution in [0.4, 0.5) is 0 Å². The molecule has 0 aromatic carbocycles. The number of rotatable bonds is 22. The summed E-state index contributed by atoms with van der Waals surface area (Å²) in [7, 11) is 1.95. The lowest BCUT2D eigenvalue weighted by Gasteiger charge is -2.45. The van der Waals surface area contributed by atoms with Gasteiger partial charge >= 0.3 is 5.97 Å². The number of unbranched alkanes of at least 4 members (excludes halogenated alkanes) is 12. The molecule has 0 aliphatic carbocycles. The molecule has 2 aliphatic heterocycles. The van der Waals surface area contributed by atoms with Gasteiger partial charge in [-0.05, 0) is 45.4 Å². The third kappa shape index (κ3) is 13.3. The number of aliphatic hydroxyl groups is 2. The van der Waals surface area contributed by atoms with Crippen LogP contribution in [0.5, 0.6) is 0 Å². The number of hydrogen-bond acceptors (Lipinski definition) is 8. The minimum Gasteiger partial charge on any atom is -0.456 e. The molecule has 0 radical (unpaired) electrons. The average Bonchev–Trinajstić information content (AvgIpc) is 3.36. The van der Waals surface area contributed by atoms with Gasteiger partial charge in [0.2, 0.25) is 5.91 Å². The maximum atomic E-state index is 13.3. The predicted octanol–water partition coefficient (Wildman–Crippen LogP) is 6.42. The first kappa shape index (κ1) is 39.6. The van der Waals surface area contributed by atoms with Crippen LogP contribution in [-0.4, -0.2) is 94.2 Å². The maximum absolute atomic E-state index is 13.3. The van der Waals surface area contributed by atoms with Crippen molar-refractivity contribution >= 4 is 35.2 Å². The highest BCUT2D eigenvalue weighted by molar-refractivity contribution is 7.99. The van der Waals surface area contributed by atoms with E-state index >= 15 is 0 Å². The molecule has 2 fully saturated rings. The standard InChI is InChI=1S/C34H63ClN2O6S/c1-6-8-9-10-11-12-13-14-15-16-17-18-19-21-27(38)42-32-30(40)29(39)31(43-34(32)44-5)28(24(3)35)36-33(41)26-22-25(20-7-2)23-37(26)4/h24-26,28-32,34,39-40H,6-23H2,1-5H3,(H,36,41)/t24-,25-,26-,28+,29-,30+,31+,32-,34-/m0/s1. The van der Waals surface area contributed by atoms with Crippen molar-refractivity contribution in [2.45, 2.75) is 177 Å². The van der Waals surface area contributed by atoms with Crippen LogP contribution in [0.1, 0.15) is 130 Å². The fraction of sp³-hybridized carbons (Fsp3) is 0.941. The monoisotopic (exact) mass is 662 g/mol. The molecule has 0 bridgehead atoms. The number of nitrogens with zero attached hydrogens (tertiary/aromatic N) is 1. The maximum Gasteiger partial charge on any atom is 0.306 e. The molecule has 2 rings (SSSR count). The van der Waals surface area contributed by atoms with Gasteiger partial charge in [0.05, 0.1) is 17.5 Å². The van der Waals surface area contributed by atoms with Gasteiger partial charge in [-0.2, -0.15) is 0 Å². The Kier molecular flexibility index (Phi) is 19.9. The summed E-state index contributed by atoms with van der Waals surface area (Å²) in [4.78, 5) is 28.0. The molecule has 44 heavy (non-hydrogen) atoms. The summed E-state index contributed by atoms with van der Waals surface area (Å²) >= 11 is 7.82. The molecule has 0 aromatic rings. The highest BCUT2D eigenvalue weighted by atomic mass is 35.5. The zero-order valence-electron chi connectivity index (χ0n) is 28.2. The Hall–Kier alpha value is -0.580. The lowest BCUT2D eigenvalue weighted by atomic mass is 9.92. The van der Waals surface area contributed by atoms with Gasteiger partial charge in [-0.15, -0.1) is 23.4 Å². The second-order valence-electron chi connectivity index (χ2n) is 13.2. The van der Waals surface area contributed by atoms with Crippen LogP contribution in [0.25, 0.3) is 0 Å². The number of aliphatic hydroxyl groups excluding tert-OH is 2. The first-order chi connectivity index (χ1) is 21.1. The van der Waals surface area contributed by atoms with Crippen molar-refractivity contribution in [1.29, 1.82) is 0 Å². The minimum atomic E-state index is -1.38. The van der Waals surface area contributed by atoms with E-state index < -0.39 is 47.2 Å². The Morgan fingerprint density at radius 1 is 0.955 bits per heavy atom. The van der Waals surface area contributed by atoms with Crippen LogP contribution >= 0.6 is 23.4 Å². The molecular formula is C34H63ClN2O6S. The smallest absolute Gasteiger partial charge is 0.306 e. The molecule has 3 N–H and O–H groups in total. The average molecular weight is 663 g/mol. The number of esters is 1. The molecule has 2 saturated heterocycles. The van der Waals surface area contributed by atoms with Crippen molar-refractivity contribution < 1.29 is 29.3 Å².